The molecule has 8 nitrogen and oxygen atoms in total. The van der Waals surface area contributed by atoms with Crippen LogP contribution in [0.25, 0.3) is 22.3 Å². The number of hydrogen-bond acceptors (Lipinski definition) is 8. The van der Waals surface area contributed by atoms with Crippen LogP contribution in [0.3, 0.4) is 0 Å². The van der Waals surface area contributed by atoms with Crippen LogP contribution in [0.4, 0.5) is 0 Å². The summed E-state index contributed by atoms with van der Waals surface area (Å²) in [6.45, 7) is 1.51. The molecule has 0 spiro atoms. The Labute approximate surface area is 456 Å². The molecule has 0 atom stereocenters. The molecule has 1 radical (unpaired) electrons. The van der Waals surface area contributed by atoms with Crippen LogP contribution >= 0.6 is 46.4 Å². The Morgan fingerprint density at radius 3 is 1.26 bits per heavy atom. The minimum atomic E-state index is 0. The van der Waals surface area contributed by atoms with Crippen molar-refractivity contribution in [2.75, 3.05) is 26.4 Å². The van der Waals surface area contributed by atoms with Crippen LogP contribution in [0.2, 0.25) is 0 Å². The number of aliphatic imine (C=N–C) groups is 4. The number of hydrogen-bond donors (Lipinski definition) is 0. The van der Waals surface area contributed by atoms with Gasteiger partial charge in [0.15, 0.2) is 0 Å². The predicted octanol–water partition coefficient (Wildman–Crippen LogP) is 15.8. The van der Waals surface area contributed by atoms with Gasteiger partial charge in [-0.1, -0.05) is 144 Å². The summed E-state index contributed by atoms with van der Waals surface area (Å²) in [6, 6.07) is 32.0. The zero-order chi connectivity index (χ0) is 49.5. The first-order chi connectivity index (χ1) is 35.6. The smallest absolute Gasteiger partial charge is 0.127 e. The monoisotopic (exact) mass is 1090 g/mol. The summed E-state index contributed by atoms with van der Waals surface area (Å²) in [4.78, 5) is 21.5. The summed E-state index contributed by atoms with van der Waals surface area (Å²) in [7, 11) is 0. The van der Waals surface area contributed by atoms with Gasteiger partial charge in [-0.25, -0.2) is 20.0 Å². The van der Waals surface area contributed by atoms with Gasteiger partial charge in [0.05, 0.1) is 72.1 Å². The zero-order valence-corrected chi connectivity index (χ0v) is 43.3. The van der Waals surface area contributed by atoms with E-state index in [-0.39, 0.29) is 17.1 Å². The molecular weight excluding hydrogens is 1050 g/mol. The average molecular weight is 1090 g/mol. The van der Waals surface area contributed by atoms with Gasteiger partial charge in [-0.15, -0.1) is 0 Å². The molecule has 0 fully saturated rings. The van der Waals surface area contributed by atoms with E-state index in [4.69, 9.17) is 85.3 Å². The topological polar surface area (TPSA) is 86.4 Å². The van der Waals surface area contributed by atoms with Gasteiger partial charge in [0, 0.05) is 109 Å². The van der Waals surface area contributed by atoms with Crippen molar-refractivity contribution in [1.82, 2.24) is 0 Å². The van der Waals surface area contributed by atoms with Gasteiger partial charge in [-0.3, -0.25) is 0 Å². The summed E-state index contributed by atoms with van der Waals surface area (Å²) in [5, 5.41) is 0. The number of rotatable bonds is 20. The van der Waals surface area contributed by atoms with Gasteiger partial charge in [-0.05, 0) is 72.9 Å². The number of halogens is 4. The Balaban J connectivity index is 0.00000711. The second-order valence-corrected chi connectivity index (χ2v) is 17.4. The number of allylic oxidation sites excluding steroid dienone is 12. The van der Waals surface area contributed by atoms with Crippen LogP contribution in [0, 0.1) is 0 Å². The van der Waals surface area contributed by atoms with E-state index in [9.17, 15) is 0 Å². The Kier molecular flexibility index (Phi) is 19.0. The standard InChI is InChI=1S/C60H48Cl4N4O4.Cu/c61-29-9-13-33-69-52-21-5-1-17-46(52)50-39-45-38-43-26-25-41(65-43)37-42-27-28-44(66-42)40-51-56(47-18-2-6-22-53(47)70-34-14-10-30-62)57(48-19-3-7-23-54(48)71-35-15-11-31-63)60(68-51)58(59(50)67-45)49-20-4-8-24-55(49)72-36-16-12-32-64;/h1-12,17-32,37-40H,13-16,33-36H2;. The number of ether oxygens (including phenoxy) is 4. The van der Waals surface area contributed by atoms with E-state index in [1.54, 1.807) is 0 Å². The van der Waals surface area contributed by atoms with E-state index in [0.29, 0.717) is 109 Å². The molecule has 0 aromatic heterocycles. The molecule has 0 saturated heterocycles. The Bertz CT molecular complexity index is 3250. The number of nitrogens with zero attached hydrogens (tertiary/aromatic N) is 4. The number of para-hydroxylation sites is 4. The molecule has 371 valence electrons. The molecule has 0 amide bonds. The fourth-order valence-electron chi connectivity index (χ4n) is 8.54. The second kappa shape index (κ2) is 26.3. The molecule has 0 unspecified atom stereocenters. The quantitative estimate of drug-likeness (QED) is 0.0652. The molecule has 0 N–H and O–H groups in total. The summed E-state index contributed by atoms with van der Waals surface area (Å²) in [6.07, 6.45) is 25.9. The third-order valence-corrected chi connectivity index (χ3v) is 12.4. The van der Waals surface area contributed by atoms with E-state index < -0.39 is 0 Å². The molecule has 4 aromatic rings. The van der Waals surface area contributed by atoms with Crippen LogP contribution in [0.1, 0.15) is 47.9 Å². The minimum Gasteiger partial charge on any atom is -0.493 e. The van der Waals surface area contributed by atoms with Crippen molar-refractivity contribution in [3.8, 4) is 23.0 Å². The van der Waals surface area contributed by atoms with Crippen LogP contribution in [0.5, 0.6) is 23.0 Å². The van der Waals surface area contributed by atoms with Crippen molar-refractivity contribution in [3.05, 3.63) is 237 Å². The van der Waals surface area contributed by atoms with Crippen LogP contribution in [-0.2, 0) is 17.1 Å². The van der Waals surface area contributed by atoms with Crippen molar-refractivity contribution in [2.24, 2.45) is 20.0 Å². The van der Waals surface area contributed by atoms with Crippen molar-refractivity contribution in [2.45, 2.75) is 25.7 Å². The average Bonchev–Trinajstić information content (AvgIpc) is 4.23. The summed E-state index contributed by atoms with van der Waals surface area (Å²) in [5.74, 6) is 2.60. The van der Waals surface area contributed by atoms with Crippen molar-refractivity contribution in [1.29, 1.82) is 0 Å². The molecule has 9 rings (SSSR count). The number of fused-ring (bicyclic) bond motifs is 4. The summed E-state index contributed by atoms with van der Waals surface area (Å²) >= 11 is 23.9. The van der Waals surface area contributed by atoms with E-state index in [1.165, 1.54) is 22.1 Å². The molecule has 13 heteroatoms. The van der Waals surface area contributed by atoms with Gasteiger partial charge < -0.3 is 18.9 Å². The zero-order valence-electron chi connectivity index (χ0n) is 39.4. The van der Waals surface area contributed by atoms with Gasteiger partial charge in [-0.2, -0.15) is 0 Å². The van der Waals surface area contributed by atoms with Crippen molar-refractivity contribution >= 4 is 91.5 Å². The largest absolute Gasteiger partial charge is 0.493 e. The first kappa shape index (κ1) is 52.6. The fraction of sp³-hybridized carbons (Fsp3) is 0.133. The molecule has 0 saturated carbocycles. The second-order valence-electron chi connectivity index (χ2n) is 16.4. The van der Waals surface area contributed by atoms with Crippen LogP contribution in [-0.4, -0.2) is 49.3 Å². The third kappa shape index (κ3) is 12.7. The van der Waals surface area contributed by atoms with Crippen molar-refractivity contribution < 1.29 is 36.0 Å². The maximum Gasteiger partial charge on any atom is 0.127 e. The maximum atomic E-state index is 6.71. The molecule has 5 aliphatic heterocycles. The fourth-order valence-corrected chi connectivity index (χ4v) is 9.04. The normalized spacial score (nSPS) is 15.9. The van der Waals surface area contributed by atoms with Gasteiger partial charge in [0.25, 0.3) is 0 Å². The molecule has 5 heterocycles. The molecule has 8 bridgehead atoms. The Hall–Kier alpha value is -6.68. The summed E-state index contributed by atoms with van der Waals surface area (Å²) in [5.41, 5.74) is 17.8. The van der Waals surface area contributed by atoms with E-state index >= 15 is 0 Å². The molecule has 5 aliphatic rings. The molecule has 0 aliphatic carbocycles. The summed E-state index contributed by atoms with van der Waals surface area (Å²) < 4.78 is 26.6. The molecular formula is C60H48Cl4CuN4O4. The predicted molar refractivity (Wildman–Crippen MR) is 300 cm³/mol. The minimum absolute atomic E-state index is 0. The Morgan fingerprint density at radius 2 is 0.781 bits per heavy atom. The third-order valence-electron chi connectivity index (χ3n) is 11.7. The van der Waals surface area contributed by atoms with Gasteiger partial charge in [0.1, 0.15) is 23.0 Å². The van der Waals surface area contributed by atoms with Gasteiger partial charge in [0.2, 0.25) is 0 Å². The number of benzene rings is 4. The molecule has 73 heavy (non-hydrogen) atoms. The maximum absolute atomic E-state index is 6.71. The SMILES string of the molecule is ClC=CCCOc1ccccc1C1=CC2=CC3=NC(=CC4=NC(=CC5=NC(=C(c6ccccc6OCCC=CCl)C1=N2)C(c1ccccc1OCCC=CCl)=C5c1ccccc1OCCC=CCl)C=C4)C=C3.[Cu]. The van der Waals surface area contributed by atoms with Crippen LogP contribution in [0.15, 0.2) is 235 Å². The van der Waals surface area contributed by atoms with E-state index in [1.807, 2.05) is 140 Å². The van der Waals surface area contributed by atoms with E-state index in [0.717, 1.165) is 56.1 Å². The Morgan fingerprint density at radius 1 is 0.384 bits per heavy atom. The molecule has 4 aromatic carbocycles. The first-order valence-electron chi connectivity index (χ1n) is 23.5. The van der Waals surface area contributed by atoms with Crippen LogP contribution < -0.4 is 18.9 Å². The van der Waals surface area contributed by atoms with Gasteiger partial charge >= 0.3 is 0 Å². The van der Waals surface area contributed by atoms with Crippen molar-refractivity contribution in [3.63, 3.8) is 0 Å². The first-order valence-corrected chi connectivity index (χ1v) is 25.3. The van der Waals surface area contributed by atoms with E-state index in [2.05, 4.69) is 30.3 Å².